The van der Waals surface area contributed by atoms with E-state index in [-0.39, 0.29) is 0 Å². The van der Waals surface area contributed by atoms with Crippen LogP contribution >= 0.6 is 0 Å². The highest BCUT2D eigenvalue weighted by atomic mass is 16.5. The average molecular weight is 299 g/mol. The third-order valence-corrected chi connectivity index (χ3v) is 3.74. The van der Waals surface area contributed by atoms with Crippen molar-refractivity contribution >= 4 is 0 Å². The summed E-state index contributed by atoms with van der Waals surface area (Å²) in [5, 5.41) is 3.57. The Morgan fingerprint density at radius 1 is 0.909 bits per heavy atom. The minimum Gasteiger partial charge on any atom is -0.493 e. The number of rotatable bonds is 8. The Kier molecular flexibility index (Phi) is 6.28. The lowest BCUT2D eigenvalue weighted by molar-refractivity contribution is 0.354. The number of ether oxygens (including phenoxy) is 2. The average Bonchev–Trinajstić information content (AvgIpc) is 2.55. The molecule has 0 aliphatic heterocycles. The fourth-order valence-electron chi connectivity index (χ4n) is 2.54. The summed E-state index contributed by atoms with van der Waals surface area (Å²) >= 11 is 0. The smallest absolute Gasteiger partial charge is 0.160 e. The summed E-state index contributed by atoms with van der Waals surface area (Å²) in [6, 6.07) is 17.1. The minimum atomic E-state index is 0.418. The van der Waals surface area contributed by atoms with E-state index in [4.69, 9.17) is 9.47 Å². The van der Waals surface area contributed by atoms with Gasteiger partial charge in [0, 0.05) is 6.04 Å². The maximum atomic E-state index is 5.35. The molecule has 2 aromatic carbocycles. The first-order valence-electron chi connectivity index (χ1n) is 7.71. The predicted molar refractivity (Wildman–Crippen MR) is 90.9 cm³/mol. The zero-order valence-corrected chi connectivity index (χ0v) is 13.6. The first-order chi connectivity index (χ1) is 10.7. The quantitative estimate of drug-likeness (QED) is 0.809. The van der Waals surface area contributed by atoms with Crippen LogP contribution in [0.1, 0.15) is 18.1 Å². The van der Waals surface area contributed by atoms with Crippen LogP contribution < -0.4 is 14.8 Å². The van der Waals surface area contributed by atoms with Gasteiger partial charge in [0.05, 0.1) is 14.2 Å². The van der Waals surface area contributed by atoms with Gasteiger partial charge in [0.1, 0.15) is 0 Å². The molecule has 1 atom stereocenters. The van der Waals surface area contributed by atoms with Crippen LogP contribution in [-0.2, 0) is 12.8 Å². The SMILES string of the molecule is COc1ccc(C[C@H](C)NCCc2ccccc2)cc1OC. The lowest BCUT2D eigenvalue weighted by Crippen LogP contribution is -2.29. The summed E-state index contributed by atoms with van der Waals surface area (Å²) in [5.41, 5.74) is 2.62. The van der Waals surface area contributed by atoms with Gasteiger partial charge in [0.2, 0.25) is 0 Å². The van der Waals surface area contributed by atoms with Crippen molar-refractivity contribution in [1.82, 2.24) is 5.32 Å². The van der Waals surface area contributed by atoms with Gasteiger partial charge in [-0.25, -0.2) is 0 Å². The van der Waals surface area contributed by atoms with Gasteiger partial charge in [0.25, 0.3) is 0 Å². The van der Waals surface area contributed by atoms with Gasteiger partial charge in [-0.05, 0) is 49.6 Å². The standard InChI is InChI=1S/C19H25NO2/c1-15(20-12-11-16-7-5-4-6-8-16)13-17-9-10-18(21-2)19(14-17)22-3/h4-10,14-15,20H,11-13H2,1-3H3/t15-/m0/s1. The van der Waals surface area contributed by atoms with Gasteiger partial charge in [-0.3, -0.25) is 0 Å². The van der Waals surface area contributed by atoms with Crippen molar-refractivity contribution in [1.29, 1.82) is 0 Å². The van der Waals surface area contributed by atoms with Gasteiger partial charge >= 0.3 is 0 Å². The largest absolute Gasteiger partial charge is 0.493 e. The molecular formula is C19H25NO2. The molecule has 0 radical (unpaired) electrons. The highest BCUT2D eigenvalue weighted by Gasteiger charge is 2.07. The summed E-state index contributed by atoms with van der Waals surface area (Å²) in [4.78, 5) is 0. The van der Waals surface area contributed by atoms with E-state index in [1.165, 1.54) is 11.1 Å². The molecule has 0 aromatic heterocycles. The summed E-state index contributed by atoms with van der Waals surface area (Å²) in [7, 11) is 3.33. The fraction of sp³-hybridized carbons (Fsp3) is 0.368. The number of benzene rings is 2. The van der Waals surface area contributed by atoms with Crippen LogP contribution in [0.15, 0.2) is 48.5 Å². The number of methoxy groups -OCH3 is 2. The zero-order valence-electron chi connectivity index (χ0n) is 13.6. The van der Waals surface area contributed by atoms with E-state index < -0.39 is 0 Å². The van der Waals surface area contributed by atoms with Crippen molar-refractivity contribution in [3.63, 3.8) is 0 Å². The van der Waals surface area contributed by atoms with Crippen LogP contribution in [-0.4, -0.2) is 26.8 Å². The number of hydrogen-bond donors (Lipinski definition) is 1. The highest BCUT2D eigenvalue weighted by molar-refractivity contribution is 5.43. The molecule has 0 unspecified atom stereocenters. The molecule has 1 N–H and O–H groups in total. The van der Waals surface area contributed by atoms with Crippen LogP contribution in [0.4, 0.5) is 0 Å². The lowest BCUT2D eigenvalue weighted by atomic mass is 10.1. The van der Waals surface area contributed by atoms with E-state index in [0.717, 1.165) is 30.9 Å². The molecule has 2 rings (SSSR count). The molecule has 0 fully saturated rings. The third-order valence-electron chi connectivity index (χ3n) is 3.74. The lowest BCUT2D eigenvalue weighted by Gasteiger charge is -2.15. The summed E-state index contributed by atoms with van der Waals surface area (Å²) in [5.74, 6) is 1.56. The molecule has 0 spiro atoms. The summed E-state index contributed by atoms with van der Waals surface area (Å²) in [6.45, 7) is 3.19. The van der Waals surface area contributed by atoms with Crippen molar-refractivity contribution in [3.8, 4) is 11.5 Å². The third kappa shape index (κ3) is 4.78. The highest BCUT2D eigenvalue weighted by Crippen LogP contribution is 2.27. The van der Waals surface area contributed by atoms with Crippen LogP contribution in [0.2, 0.25) is 0 Å². The minimum absolute atomic E-state index is 0.418. The molecule has 3 heteroatoms. The Morgan fingerprint density at radius 2 is 1.64 bits per heavy atom. The topological polar surface area (TPSA) is 30.5 Å². The van der Waals surface area contributed by atoms with E-state index in [9.17, 15) is 0 Å². The first kappa shape index (κ1) is 16.4. The van der Waals surface area contributed by atoms with Crippen molar-refractivity contribution in [2.45, 2.75) is 25.8 Å². The van der Waals surface area contributed by atoms with Crippen LogP contribution in [0.3, 0.4) is 0 Å². The van der Waals surface area contributed by atoms with Crippen LogP contribution in [0.25, 0.3) is 0 Å². The van der Waals surface area contributed by atoms with E-state index in [1.807, 2.05) is 12.1 Å². The molecule has 22 heavy (non-hydrogen) atoms. The summed E-state index contributed by atoms with van der Waals surface area (Å²) < 4.78 is 10.6. The molecule has 3 nitrogen and oxygen atoms in total. The molecule has 0 aliphatic carbocycles. The fourth-order valence-corrected chi connectivity index (χ4v) is 2.54. The number of nitrogens with one attached hydrogen (secondary N) is 1. The second-order valence-corrected chi connectivity index (χ2v) is 5.48. The van der Waals surface area contributed by atoms with E-state index >= 15 is 0 Å². The van der Waals surface area contributed by atoms with Gasteiger partial charge in [-0.15, -0.1) is 0 Å². The molecule has 0 heterocycles. The Morgan fingerprint density at radius 3 is 2.32 bits per heavy atom. The van der Waals surface area contributed by atoms with Crippen molar-refractivity contribution in [3.05, 3.63) is 59.7 Å². The predicted octanol–water partition coefficient (Wildman–Crippen LogP) is 3.47. The molecule has 0 saturated carbocycles. The maximum Gasteiger partial charge on any atom is 0.160 e. The molecule has 2 aromatic rings. The second kappa shape index (κ2) is 8.44. The van der Waals surface area contributed by atoms with Gasteiger partial charge < -0.3 is 14.8 Å². The monoisotopic (exact) mass is 299 g/mol. The van der Waals surface area contributed by atoms with E-state index in [2.05, 4.69) is 48.6 Å². The van der Waals surface area contributed by atoms with Gasteiger partial charge in [0.15, 0.2) is 11.5 Å². The Bertz CT molecular complexity index is 569. The van der Waals surface area contributed by atoms with Crippen molar-refractivity contribution in [2.24, 2.45) is 0 Å². The Balaban J connectivity index is 1.82. The van der Waals surface area contributed by atoms with Gasteiger partial charge in [-0.2, -0.15) is 0 Å². The summed E-state index contributed by atoms with van der Waals surface area (Å²) in [6.07, 6.45) is 2.02. The number of hydrogen-bond acceptors (Lipinski definition) is 3. The Hall–Kier alpha value is -2.00. The second-order valence-electron chi connectivity index (χ2n) is 5.48. The molecule has 0 saturated heterocycles. The molecule has 0 bridgehead atoms. The first-order valence-corrected chi connectivity index (χ1v) is 7.71. The van der Waals surface area contributed by atoms with Crippen molar-refractivity contribution < 1.29 is 9.47 Å². The van der Waals surface area contributed by atoms with Crippen LogP contribution in [0, 0.1) is 0 Å². The van der Waals surface area contributed by atoms with E-state index in [0.29, 0.717) is 6.04 Å². The molecular weight excluding hydrogens is 274 g/mol. The zero-order chi connectivity index (χ0) is 15.8. The maximum absolute atomic E-state index is 5.35. The Labute approximate surface area is 133 Å². The molecule has 0 amide bonds. The van der Waals surface area contributed by atoms with Gasteiger partial charge in [-0.1, -0.05) is 36.4 Å². The van der Waals surface area contributed by atoms with Crippen molar-refractivity contribution in [2.75, 3.05) is 20.8 Å². The van der Waals surface area contributed by atoms with Crippen LogP contribution in [0.5, 0.6) is 11.5 Å². The molecule has 118 valence electrons. The molecule has 0 aliphatic rings. The normalized spacial score (nSPS) is 12.0. The van der Waals surface area contributed by atoms with E-state index in [1.54, 1.807) is 14.2 Å².